The van der Waals surface area contributed by atoms with Crippen LogP contribution in [0, 0.1) is 6.92 Å². The molecular weight excluding hydrogens is 254 g/mol. The van der Waals surface area contributed by atoms with Crippen molar-refractivity contribution in [1.82, 2.24) is 14.5 Å². The number of hydrogen-bond donors (Lipinski definition) is 0. The van der Waals surface area contributed by atoms with Gasteiger partial charge in [0.05, 0.1) is 13.7 Å². The summed E-state index contributed by atoms with van der Waals surface area (Å²) in [5.74, 6) is 0. The fourth-order valence-corrected chi connectivity index (χ4v) is 1.69. The Labute approximate surface area is 109 Å². The minimum Gasteiger partial charge on any atom is -0.468 e. The van der Waals surface area contributed by atoms with Gasteiger partial charge < -0.3 is 4.74 Å². The molecule has 0 fully saturated rings. The smallest absolute Gasteiger partial charge is 0.299 e. The number of halogens is 1. The topological polar surface area (TPSA) is 57.0 Å². The number of rotatable bonds is 3. The lowest BCUT2D eigenvalue weighted by Crippen LogP contribution is -2.23. The molecule has 0 aliphatic heterocycles. The van der Waals surface area contributed by atoms with Crippen molar-refractivity contribution in [2.45, 2.75) is 13.5 Å². The predicted octanol–water partition coefficient (Wildman–Crippen LogP) is 1.66. The van der Waals surface area contributed by atoms with Gasteiger partial charge in [-0.1, -0.05) is 17.7 Å². The van der Waals surface area contributed by atoms with Crippen molar-refractivity contribution < 1.29 is 4.74 Å². The van der Waals surface area contributed by atoms with E-state index in [9.17, 15) is 4.79 Å². The van der Waals surface area contributed by atoms with E-state index in [1.807, 2.05) is 0 Å². The normalized spacial score (nSPS) is 10.4. The summed E-state index contributed by atoms with van der Waals surface area (Å²) in [6, 6.07) is 5.23. The van der Waals surface area contributed by atoms with Crippen LogP contribution in [0.4, 0.5) is 0 Å². The van der Waals surface area contributed by atoms with Crippen molar-refractivity contribution in [3.63, 3.8) is 0 Å². The quantitative estimate of drug-likeness (QED) is 0.792. The van der Waals surface area contributed by atoms with Gasteiger partial charge in [0.2, 0.25) is 0 Å². The highest BCUT2D eigenvalue weighted by Crippen LogP contribution is 2.10. The lowest BCUT2D eigenvalue weighted by molar-refractivity contribution is 0.350. The van der Waals surface area contributed by atoms with Gasteiger partial charge in [-0.15, -0.1) is 0 Å². The molecule has 0 N–H and O–H groups in total. The number of ether oxygens (including phenoxy) is 1. The van der Waals surface area contributed by atoms with Gasteiger partial charge in [-0.2, -0.15) is 0 Å². The first-order valence-corrected chi connectivity index (χ1v) is 5.71. The van der Waals surface area contributed by atoms with Crippen LogP contribution in [0.1, 0.15) is 11.3 Å². The molecule has 2 aromatic heterocycles. The molecule has 0 amide bonds. The second-order valence-electron chi connectivity index (χ2n) is 3.80. The molecule has 18 heavy (non-hydrogen) atoms. The lowest BCUT2D eigenvalue weighted by Gasteiger charge is -2.10. The van der Waals surface area contributed by atoms with Crippen LogP contribution in [-0.4, -0.2) is 21.6 Å². The molecule has 2 heterocycles. The van der Waals surface area contributed by atoms with Crippen molar-refractivity contribution in [1.29, 1.82) is 0 Å². The minimum atomic E-state index is -0.158. The first kappa shape index (κ1) is 12.6. The molecule has 6 heteroatoms. The maximum Gasteiger partial charge on any atom is 0.299 e. The van der Waals surface area contributed by atoms with Crippen LogP contribution < -0.4 is 10.3 Å². The highest BCUT2D eigenvalue weighted by molar-refractivity contribution is 6.29. The van der Waals surface area contributed by atoms with Gasteiger partial charge in [0.15, 0.2) is 0 Å². The van der Waals surface area contributed by atoms with E-state index in [1.165, 1.54) is 17.7 Å². The standard InChI is InChI=1S/C12H12ClN3O2/c1-8-5-11(17)16(12(15-8)18-2)7-9-3-4-10(13)14-6-9/h3-6H,7H2,1-2H3. The average molecular weight is 266 g/mol. The van der Waals surface area contributed by atoms with E-state index < -0.39 is 0 Å². The van der Waals surface area contributed by atoms with Gasteiger partial charge in [0.1, 0.15) is 5.15 Å². The van der Waals surface area contributed by atoms with Crippen LogP contribution in [-0.2, 0) is 6.54 Å². The third kappa shape index (κ3) is 2.68. The van der Waals surface area contributed by atoms with Gasteiger partial charge in [-0.05, 0) is 18.6 Å². The second-order valence-corrected chi connectivity index (χ2v) is 4.19. The summed E-state index contributed by atoms with van der Waals surface area (Å²) in [5, 5.41) is 0.417. The molecule has 2 aromatic rings. The minimum absolute atomic E-state index is 0.158. The van der Waals surface area contributed by atoms with Gasteiger partial charge in [-0.25, -0.2) is 9.97 Å². The predicted molar refractivity (Wildman–Crippen MR) is 68.1 cm³/mol. The number of aromatic nitrogens is 3. The molecule has 0 saturated carbocycles. The molecule has 5 nitrogen and oxygen atoms in total. The molecule has 0 aliphatic rings. The van der Waals surface area contributed by atoms with Crippen LogP contribution >= 0.6 is 11.6 Å². The van der Waals surface area contributed by atoms with Gasteiger partial charge in [0, 0.05) is 18.0 Å². The van der Waals surface area contributed by atoms with Gasteiger partial charge >= 0.3 is 0 Å². The zero-order valence-electron chi connectivity index (χ0n) is 10.1. The molecule has 0 bridgehead atoms. The van der Waals surface area contributed by atoms with Crippen molar-refractivity contribution in [2.75, 3.05) is 7.11 Å². The summed E-state index contributed by atoms with van der Waals surface area (Å²) in [6.07, 6.45) is 1.62. The van der Waals surface area contributed by atoms with E-state index in [0.29, 0.717) is 17.4 Å². The summed E-state index contributed by atoms with van der Waals surface area (Å²) in [5.41, 5.74) is 1.32. The molecule has 0 spiro atoms. The molecule has 2 rings (SSSR count). The Morgan fingerprint density at radius 2 is 2.22 bits per heavy atom. The third-order valence-corrected chi connectivity index (χ3v) is 2.64. The Morgan fingerprint density at radius 3 is 2.83 bits per heavy atom. The van der Waals surface area contributed by atoms with E-state index in [4.69, 9.17) is 16.3 Å². The molecule has 0 aromatic carbocycles. The molecular formula is C12H12ClN3O2. The zero-order chi connectivity index (χ0) is 13.1. The first-order valence-electron chi connectivity index (χ1n) is 5.33. The first-order chi connectivity index (χ1) is 8.60. The van der Waals surface area contributed by atoms with Crippen molar-refractivity contribution in [3.05, 3.63) is 51.2 Å². The summed E-state index contributed by atoms with van der Waals surface area (Å²) in [7, 11) is 1.48. The van der Waals surface area contributed by atoms with Crippen LogP contribution in [0.3, 0.4) is 0 Å². The Hall–Kier alpha value is -1.88. The second kappa shape index (κ2) is 5.18. The molecule has 0 unspecified atom stereocenters. The Balaban J connectivity index is 2.39. The highest BCUT2D eigenvalue weighted by Gasteiger charge is 2.08. The number of nitrogens with zero attached hydrogens (tertiary/aromatic N) is 3. The number of aryl methyl sites for hydroxylation is 1. The molecule has 0 saturated heterocycles. The van der Waals surface area contributed by atoms with Gasteiger partial charge in [-0.3, -0.25) is 9.36 Å². The SMILES string of the molecule is COc1nc(C)cc(=O)n1Cc1ccc(Cl)nc1. The summed E-state index contributed by atoms with van der Waals surface area (Å²) >= 11 is 5.71. The van der Waals surface area contributed by atoms with E-state index >= 15 is 0 Å². The lowest BCUT2D eigenvalue weighted by atomic mass is 10.3. The zero-order valence-corrected chi connectivity index (χ0v) is 10.8. The number of pyridine rings is 1. The number of hydrogen-bond acceptors (Lipinski definition) is 4. The van der Waals surface area contributed by atoms with Crippen molar-refractivity contribution in [2.24, 2.45) is 0 Å². The van der Waals surface area contributed by atoms with E-state index in [0.717, 1.165) is 5.56 Å². The van der Waals surface area contributed by atoms with Crippen LogP contribution in [0.5, 0.6) is 6.01 Å². The summed E-state index contributed by atoms with van der Waals surface area (Å²) in [4.78, 5) is 20.0. The summed E-state index contributed by atoms with van der Waals surface area (Å²) < 4.78 is 6.55. The Bertz CT molecular complexity index is 608. The molecule has 0 radical (unpaired) electrons. The monoisotopic (exact) mass is 265 g/mol. The third-order valence-electron chi connectivity index (χ3n) is 2.41. The van der Waals surface area contributed by atoms with Crippen LogP contribution in [0.2, 0.25) is 5.15 Å². The maximum absolute atomic E-state index is 11.9. The largest absolute Gasteiger partial charge is 0.468 e. The van der Waals surface area contributed by atoms with Crippen LogP contribution in [0.25, 0.3) is 0 Å². The molecule has 0 atom stereocenters. The Kier molecular flexibility index (Phi) is 3.62. The average Bonchev–Trinajstić information content (AvgIpc) is 2.34. The van der Waals surface area contributed by atoms with E-state index in [-0.39, 0.29) is 11.6 Å². The molecule has 0 aliphatic carbocycles. The van der Waals surface area contributed by atoms with Crippen molar-refractivity contribution in [3.8, 4) is 6.01 Å². The fraction of sp³-hybridized carbons (Fsp3) is 0.250. The van der Waals surface area contributed by atoms with E-state index in [2.05, 4.69) is 9.97 Å². The fourth-order valence-electron chi connectivity index (χ4n) is 1.58. The van der Waals surface area contributed by atoms with E-state index in [1.54, 1.807) is 25.3 Å². The number of methoxy groups -OCH3 is 1. The maximum atomic E-state index is 11.9. The highest BCUT2D eigenvalue weighted by atomic mass is 35.5. The van der Waals surface area contributed by atoms with Crippen LogP contribution in [0.15, 0.2) is 29.2 Å². The summed E-state index contributed by atoms with van der Waals surface area (Å²) in [6.45, 7) is 2.09. The molecule has 94 valence electrons. The van der Waals surface area contributed by atoms with Crippen molar-refractivity contribution >= 4 is 11.6 Å². The van der Waals surface area contributed by atoms with Gasteiger partial charge in [0.25, 0.3) is 11.6 Å². The Morgan fingerprint density at radius 1 is 1.44 bits per heavy atom.